The van der Waals surface area contributed by atoms with Crippen LogP contribution >= 0.6 is 11.3 Å². The summed E-state index contributed by atoms with van der Waals surface area (Å²) >= 11 is -0.106. The zero-order valence-corrected chi connectivity index (χ0v) is 13.2. The summed E-state index contributed by atoms with van der Waals surface area (Å²) in [7, 11) is -2.67. The maximum atomic E-state index is 12.7. The lowest BCUT2D eigenvalue weighted by molar-refractivity contribution is -0.139. The second-order valence-corrected chi connectivity index (χ2v) is 6.47. The molecule has 1 aromatic rings. The van der Waals surface area contributed by atoms with Crippen molar-refractivity contribution in [2.75, 3.05) is 20.8 Å². The van der Waals surface area contributed by atoms with E-state index < -0.39 is 49.7 Å². The highest BCUT2D eigenvalue weighted by Gasteiger charge is 2.37. The van der Waals surface area contributed by atoms with Crippen LogP contribution in [0, 0.1) is 0 Å². The van der Waals surface area contributed by atoms with Gasteiger partial charge in [-0.05, 0) is 6.07 Å². The third-order valence-electron chi connectivity index (χ3n) is 2.21. The third-order valence-corrected chi connectivity index (χ3v) is 4.81. The van der Waals surface area contributed by atoms with Gasteiger partial charge in [-0.1, -0.05) is 11.3 Å². The molecule has 0 aliphatic rings. The standard InChI is InChI=1S/C10H10F3NO7S2/c1-19-7(15)4-14-23(17,18)5-3-6(10(11,12)13)22-8(5)21-9(16)20-2/h3,14H,4H2,1-2H3. The van der Waals surface area contributed by atoms with Gasteiger partial charge in [0.05, 0.1) is 14.2 Å². The molecular weight excluding hydrogens is 367 g/mol. The Hall–Kier alpha value is -1.86. The molecular formula is C10H10F3NO7S2. The molecule has 1 aromatic heterocycles. The smallest absolute Gasteiger partial charge is 0.468 e. The van der Waals surface area contributed by atoms with Crippen LogP contribution in [0.25, 0.3) is 0 Å². The summed E-state index contributed by atoms with van der Waals surface area (Å²) in [5.74, 6) is -0.963. The van der Waals surface area contributed by atoms with Crippen molar-refractivity contribution in [2.45, 2.75) is 11.1 Å². The summed E-state index contributed by atoms with van der Waals surface area (Å²) in [5, 5.41) is -0.846. The van der Waals surface area contributed by atoms with Gasteiger partial charge in [-0.3, -0.25) is 4.79 Å². The highest BCUT2D eigenvalue weighted by Crippen LogP contribution is 2.42. The average Bonchev–Trinajstić information content (AvgIpc) is 2.89. The van der Waals surface area contributed by atoms with Crippen molar-refractivity contribution in [3.05, 3.63) is 10.9 Å². The first kappa shape index (κ1) is 19.2. The van der Waals surface area contributed by atoms with E-state index in [0.717, 1.165) is 14.2 Å². The SMILES string of the molecule is COC(=O)CNS(=O)(=O)c1cc(C(F)(F)F)sc1OC(=O)OC. The van der Waals surface area contributed by atoms with Gasteiger partial charge in [0.25, 0.3) is 0 Å². The molecule has 0 saturated heterocycles. The summed E-state index contributed by atoms with van der Waals surface area (Å²) in [6.07, 6.45) is -6.25. The molecule has 0 fully saturated rings. The van der Waals surface area contributed by atoms with Crippen LogP contribution in [0.1, 0.15) is 4.88 Å². The predicted molar refractivity (Wildman–Crippen MR) is 69.6 cm³/mol. The Bertz CT molecular complexity index is 696. The third kappa shape index (κ3) is 5.07. The fraction of sp³-hybridized carbons (Fsp3) is 0.400. The molecule has 0 radical (unpaired) electrons. The molecule has 23 heavy (non-hydrogen) atoms. The Morgan fingerprint density at radius 2 is 1.87 bits per heavy atom. The fourth-order valence-corrected chi connectivity index (χ4v) is 3.46. The van der Waals surface area contributed by atoms with Crippen LogP contribution < -0.4 is 9.46 Å². The summed E-state index contributed by atoms with van der Waals surface area (Å²) in [5.41, 5.74) is 0. The van der Waals surface area contributed by atoms with Gasteiger partial charge < -0.3 is 14.2 Å². The minimum absolute atomic E-state index is 0.106. The number of ether oxygens (including phenoxy) is 3. The number of esters is 1. The van der Waals surface area contributed by atoms with Gasteiger partial charge in [0.1, 0.15) is 16.3 Å². The molecule has 1 rings (SSSR count). The fourth-order valence-electron chi connectivity index (χ4n) is 1.18. The number of carbonyl (C=O) groups is 2. The van der Waals surface area contributed by atoms with E-state index in [1.165, 1.54) is 0 Å². The number of sulfonamides is 1. The van der Waals surface area contributed by atoms with Crippen LogP contribution in [0.5, 0.6) is 5.06 Å². The van der Waals surface area contributed by atoms with E-state index in [4.69, 9.17) is 0 Å². The lowest BCUT2D eigenvalue weighted by Crippen LogP contribution is -2.30. The lowest BCUT2D eigenvalue weighted by Gasteiger charge is -2.06. The van der Waals surface area contributed by atoms with Gasteiger partial charge in [0, 0.05) is 0 Å². The van der Waals surface area contributed by atoms with Crippen LogP contribution in [-0.4, -0.2) is 41.3 Å². The Balaban J connectivity index is 3.23. The highest BCUT2D eigenvalue weighted by molar-refractivity contribution is 7.89. The number of halogens is 3. The maximum Gasteiger partial charge on any atom is 0.514 e. The van der Waals surface area contributed by atoms with Gasteiger partial charge in [-0.15, -0.1) is 0 Å². The molecule has 8 nitrogen and oxygen atoms in total. The van der Waals surface area contributed by atoms with E-state index >= 15 is 0 Å². The first-order valence-electron chi connectivity index (χ1n) is 5.54. The Morgan fingerprint density at radius 1 is 1.26 bits per heavy atom. The summed E-state index contributed by atoms with van der Waals surface area (Å²) < 4.78 is 76.5. The van der Waals surface area contributed by atoms with E-state index in [9.17, 15) is 31.2 Å². The number of hydrogen-bond acceptors (Lipinski definition) is 8. The van der Waals surface area contributed by atoms with Crippen molar-refractivity contribution >= 4 is 33.5 Å². The molecule has 0 spiro atoms. The number of thiophene rings is 1. The second kappa shape index (κ2) is 7.14. The van der Waals surface area contributed by atoms with Crippen molar-refractivity contribution in [3.8, 4) is 5.06 Å². The van der Waals surface area contributed by atoms with Gasteiger partial charge >= 0.3 is 18.3 Å². The van der Waals surface area contributed by atoms with Crippen molar-refractivity contribution in [1.29, 1.82) is 0 Å². The largest absolute Gasteiger partial charge is 0.514 e. The minimum atomic E-state index is -4.85. The van der Waals surface area contributed by atoms with Gasteiger partial charge in [0.15, 0.2) is 0 Å². The number of carbonyl (C=O) groups excluding carboxylic acids is 2. The van der Waals surface area contributed by atoms with Crippen molar-refractivity contribution < 1.29 is 45.4 Å². The number of hydrogen-bond donors (Lipinski definition) is 1. The second-order valence-electron chi connectivity index (χ2n) is 3.72. The number of methoxy groups -OCH3 is 2. The number of rotatable bonds is 5. The molecule has 0 bridgehead atoms. The lowest BCUT2D eigenvalue weighted by atomic mass is 10.4. The molecule has 0 aliphatic heterocycles. The maximum absolute atomic E-state index is 12.7. The molecule has 0 aromatic carbocycles. The summed E-state index contributed by atoms with van der Waals surface area (Å²) in [4.78, 5) is 19.7. The van der Waals surface area contributed by atoms with Crippen LogP contribution in [0.3, 0.4) is 0 Å². The molecule has 0 unspecified atom stereocenters. The zero-order chi connectivity index (χ0) is 17.8. The van der Waals surface area contributed by atoms with E-state index in [0.29, 0.717) is 0 Å². The van der Waals surface area contributed by atoms with Gasteiger partial charge in [-0.2, -0.15) is 17.9 Å². The van der Waals surface area contributed by atoms with Crippen LogP contribution in [0.4, 0.5) is 18.0 Å². The van der Waals surface area contributed by atoms with Crippen molar-refractivity contribution in [1.82, 2.24) is 4.72 Å². The summed E-state index contributed by atoms with van der Waals surface area (Å²) in [6.45, 7) is -0.812. The number of alkyl halides is 3. The van der Waals surface area contributed by atoms with Gasteiger partial charge in [-0.25, -0.2) is 13.2 Å². The first-order valence-corrected chi connectivity index (χ1v) is 7.84. The number of nitrogens with one attached hydrogen (secondary N) is 1. The average molecular weight is 377 g/mol. The van der Waals surface area contributed by atoms with E-state index in [-0.39, 0.29) is 17.4 Å². The van der Waals surface area contributed by atoms with E-state index in [1.807, 2.05) is 0 Å². The first-order chi connectivity index (χ1) is 10.5. The highest BCUT2D eigenvalue weighted by atomic mass is 32.2. The topological polar surface area (TPSA) is 108 Å². The van der Waals surface area contributed by atoms with Crippen LogP contribution in [0.2, 0.25) is 0 Å². The Labute approximate surface area is 132 Å². The molecule has 13 heteroatoms. The Kier molecular flexibility index (Phi) is 5.96. The quantitative estimate of drug-likeness (QED) is 0.772. The van der Waals surface area contributed by atoms with Crippen molar-refractivity contribution in [3.63, 3.8) is 0 Å². The molecule has 0 aliphatic carbocycles. The summed E-state index contributed by atoms with van der Waals surface area (Å²) in [6, 6.07) is 0.280. The Morgan fingerprint density at radius 3 is 2.35 bits per heavy atom. The van der Waals surface area contributed by atoms with E-state index in [1.54, 1.807) is 4.72 Å². The zero-order valence-electron chi connectivity index (χ0n) is 11.6. The molecule has 0 atom stereocenters. The van der Waals surface area contributed by atoms with Crippen molar-refractivity contribution in [2.24, 2.45) is 0 Å². The van der Waals surface area contributed by atoms with Gasteiger partial charge in [0.2, 0.25) is 15.1 Å². The normalized spacial score (nSPS) is 11.9. The monoisotopic (exact) mass is 377 g/mol. The molecule has 1 N–H and O–H groups in total. The van der Waals surface area contributed by atoms with Crippen LogP contribution in [0.15, 0.2) is 11.0 Å². The molecule has 0 amide bonds. The van der Waals surface area contributed by atoms with E-state index in [2.05, 4.69) is 14.2 Å². The van der Waals surface area contributed by atoms with Crippen LogP contribution in [-0.2, 0) is 30.5 Å². The molecule has 130 valence electrons. The molecule has 1 heterocycles. The predicted octanol–water partition coefficient (Wildman–Crippen LogP) is 1.36. The minimum Gasteiger partial charge on any atom is -0.468 e. The molecule has 0 saturated carbocycles.